The lowest BCUT2D eigenvalue weighted by Gasteiger charge is -2.32. The van der Waals surface area contributed by atoms with E-state index >= 15 is 0 Å². The number of thioether (sulfide) groups is 1. The Morgan fingerprint density at radius 2 is 2.00 bits per heavy atom. The van der Waals surface area contributed by atoms with Gasteiger partial charge in [-0.2, -0.15) is 11.8 Å². The Balaban J connectivity index is 2.11. The molecule has 1 heterocycles. The van der Waals surface area contributed by atoms with E-state index in [1.54, 1.807) is 0 Å². The normalized spacial score (nSPS) is 17.5. The number of nitrogens with one attached hydrogen (secondary N) is 1. The summed E-state index contributed by atoms with van der Waals surface area (Å²) in [7, 11) is 0. The maximum Gasteiger partial charge on any atom is 0.269 e. The SMILES string of the molecule is CCCCNC(=O)C(CN1CCSCC1)C(O)c1ccc([N+](=O)[O-])cc1. The van der Waals surface area contributed by atoms with Crippen LogP contribution >= 0.6 is 11.8 Å². The van der Waals surface area contributed by atoms with Crippen LogP contribution in [0.5, 0.6) is 0 Å². The minimum absolute atomic E-state index is 0.0297. The van der Waals surface area contributed by atoms with Crippen molar-refractivity contribution >= 4 is 23.4 Å². The molecule has 8 heteroatoms. The maximum absolute atomic E-state index is 12.7. The predicted molar refractivity (Wildman–Crippen MR) is 103 cm³/mol. The molecule has 2 N–H and O–H groups in total. The highest BCUT2D eigenvalue weighted by atomic mass is 32.2. The van der Waals surface area contributed by atoms with Gasteiger partial charge in [-0.3, -0.25) is 14.9 Å². The van der Waals surface area contributed by atoms with Crippen molar-refractivity contribution < 1.29 is 14.8 Å². The molecule has 26 heavy (non-hydrogen) atoms. The van der Waals surface area contributed by atoms with Gasteiger partial charge >= 0.3 is 0 Å². The van der Waals surface area contributed by atoms with Crippen LogP contribution in [0.2, 0.25) is 0 Å². The lowest BCUT2D eigenvalue weighted by Crippen LogP contribution is -2.44. The molecule has 0 spiro atoms. The van der Waals surface area contributed by atoms with Crippen molar-refractivity contribution in [2.45, 2.75) is 25.9 Å². The number of aliphatic hydroxyl groups is 1. The van der Waals surface area contributed by atoms with E-state index in [-0.39, 0.29) is 11.6 Å². The van der Waals surface area contributed by atoms with Crippen LogP contribution in [0.15, 0.2) is 24.3 Å². The first-order chi connectivity index (χ1) is 12.5. The molecule has 0 saturated carbocycles. The topological polar surface area (TPSA) is 95.7 Å². The van der Waals surface area contributed by atoms with Crippen molar-refractivity contribution in [2.24, 2.45) is 5.92 Å². The van der Waals surface area contributed by atoms with Crippen LogP contribution in [-0.4, -0.2) is 58.5 Å². The monoisotopic (exact) mass is 381 g/mol. The lowest BCUT2D eigenvalue weighted by molar-refractivity contribution is -0.384. The Labute approximate surface area is 158 Å². The van der Waals surface area contributed by atoms with Gasteiger partial charge in [-0.1, -0.05) is 13.3 Å². The van der Waals surface area contributed by atoms with Gasteiger partial charge in [0.2, 0.25) is 5.91 Å². The summed E-state index contributed by atoms with van der Waals surface area (Å²) in [4.78, 5) is 25.2. The average molecular weight is 381 g/mol. The predicted octanol–water partition coefficient (Wildman–Crippen LogP) is 2.21. The molecule has 1 aromatic rings. The second-order valence-electron chi connectivity index (χ2n) is 6.46. The van der Waals surface area contributed by atoms with Crippen molar-refractivity contribution in [1.82, 2.24) is 10.2 Å². The molecule has 0 aliphatic carbocycles. The molecule has 2 rings (SSSR count). The lowest BCUT2D eigenvalue weighted by atomic mass is 9.93. The third kappa shape index (κ3) is 5.96. The molecule has 2 atom stereocenters. The summed E-state index contributed by atoms with van der Waals surface area (Å²) in [6.07, 6.45) is 0.887. The molecule has 1 amide bonds. The number of rotatable bonds is 9. The number of amides is 1. The molecule has 0 bridgehead atoms. The largest absolute Gasteiger partial charge is 0.388 e. The molecule has 1 aromatic carbocycles. The maximum atomic E-state index is 12.7. The summed E-state index contributed by atoms with van der Waals surface area (Å²) in [5, 5.41) is 24.5. The van der Waals surface area contributed by atoms with Crippen LogP contribution in [0.4, 0.5) is 5.69 Å². The van der Waals surface area contributed by atoms with Crippen molar-refractivity contribution in [3.8, 4) is 0 Å². The summed E-state index contributed by atoms with van der Waals surface area (Å²) in [6.45, 7) is 4.93. The number of hydrogen-bond donors (Lipinski definition) is 2. The third-order valence-corrected chi connectivity index (χ3v) is 5.49. The van der Waals surface area contributed by atoms with E-state index < -0.39 is 16.9 Å². The van der Waals surface area contributed by atoms with Crippen molar-refractivity contribution in [3.63, 3.8) is 0 Å². The fraction of sp³-hybridized carbons (Fsp3) is 0.611. The Hall–Kier alpha value is -1.64. The number of carbonyl (C=O) groups is 1. The van der Waals surface area contributed by atoms with E-state index in [0.717, 1.165) is 37.4 Å². The number of benzene rings is 1. The number of hydrogen-bond acceptors (Lipinski definition) is 6. The fourth-order valence-corrected chi connectivity index (χ4v) is 3.91. The zero-order valence-electron chi connectivity index (χ0n) is 15.1. The van der Waals surface area contributed by atoms with Crippen molar-refractivity contribution in [3.05, 3.63) is 39.9 Å². The first-order valence-corrected chi connectivity index (χ1v) is 10.2. The van der Waals surface area contributed by atoms with Crippen molar-refractivity contribution in [1.29, 1.82) is 0 Å². The number of carbonyl (C=O) groups excluding carboxylic acids is 1. The first kappa shape index (κ1) is 20.7. The second kappa shape index (κ2) is 10.5. The first-order valence-electron chi connectivity index (χ1n) is 9.03. The summed E-state index contributed by atoms with van der Waals surface area (Å²) >= 11 is 1.89. The van der Waals surface area contributed by atoms with Gasteiger partial charge in [-0.15, -0.1) is 0 Å². The summed E-state index contributed by atoms with van der Waals surface area (Å²) < 4.78 is 0. The molecule has 1 fully saturated rings. The quantitative estimate of drug-likeness (QED) is 0.387. The molecule has 144 valence electrons. The molecular weight excluding hydrogens is 354 g/mol. The standard InChI is InChI=1S/C18H27N3O4S/c1-2-3-8-19-18(23)16(13-20-9-11-26-12-10-20)17(22)14-4-6-15(7-5-14)21(24)25/h4-7,16-17,22H,2-3,8-13H2,1H3,(H,19,23). The highest BCUT2D eigenvalue weighted by molar-refractivity contribution is 7.99. The van der Waals surface area contributed by atoms with Crippen LogP contribution in [0.3, 0.4) is 0 Å². The minimum Gasteiger partial charge on any atom is -0.388 e. The van der Waals surface area contributed by atoms with Gasteiger partial charge in [0, 0.05) is 49.8 Å². The zero-order chi connectivity index (χ0) is 18.9. The van der Waals surface area contributed by atoms with E-state index in [9.17, 15) is 20.0 Å². The summed E-state index contributed by atoms with van der Waals surface area (Å²) in [6, 6.07) is 5.78. The van der Waals surface area contributed by atoms with Gasteiger partial charge in [-0.25, -0.2) is 0 Å². The number of non-ortho nitro benzene ring substituents is 1. The number of nitro groups is 1. The highest BCUT2D eigenvalue weighted by Crippen LogP contribution is 2.26. The molecule has 1 saturated heterocycles. The van der Waals surface area contributed by atoms with E-state index in [4.69, 9.17) is 0 Å². The van der Waals surface area contributed by atoms with E-state index in [2.05, 4.69) is 17.1 Å². The van der Waals surface area contributed by atoms with Crippen molar-refractivity contribution in [2.75, 3.05) is 37.7 Å². The van der Waals surface area contributed by atoms with E-state index in [1.165, 1.54) is 24.3 Å². The summed E-state index contributed by atoms with van der Waals surface area (Å²) in [5.74, 6) is 1.29. The van der Waals surface area contributed by atoms with Crippen LogP contribution in [0, 0.1) is 16.0 Å². The molecule has 0 aromatic heterocycles. The fourth-order valence-electron chi connectivity index (χ4n) is 2.93. The molecule has 2 unspecified atom stereocenters. The van der Waals surface area contributed by atoms with E-state index in [0.29, 0.717) is 18.7 Å². The highest BCUT2D eigenvalue weighted by Gasteiger charge is 2.30. The summed E-state index contributed by atoms with van der Waals surface area (Å²) in [5.41, 5.74) is 0.496. The van der Waals surface area contributed by atoms with Gasteiger partial charge in [0.15, 0.2) is 0 Å². The Bertz CT molecular complexity index is 591. The Morgan fingerprint density at radius 1 is 1.35 bits per heavy atom. The molecule has 7 nitrogen and oxygen atoms in total. The molecule has 1 aliphatic rings. The van der Waals surface area contributed by atoms with E-state index in [1.807, 2.05) is 11.8 Å². The van der Waals surface area contributed by atoms with Crippen LogP contribution in [-0.2, 0) is 4.79 Å². The van der Waals surface area contributed by atoms with Gasteiger partial charge in [0.1, 0.15) is 0 Å². The number of aliphatic hydroxyl groups excluding tert-OH is 1. The van der Waals surface area contributed by atoms with Crippen LogP contribution in [0.25, 0.3) is 0 Å². The molecular formula is C18H27N3O4S. The molecule has 0 radical (unpaired) electrons. The number of nitro benzene ring substituents is 1. The second-order valence-corrected chi connectivity index (χ2v) is 7.68. The van der Waals surface area contributed by atoms with Gasteiger partial charge < -0.3 is 15.3 Å². The van der Waals surface area contributed by atoms with Gasteiger partial charge in [0.25, 0.3) is 5.69 Å². The number of unbranched alkanes of at least 4 members (excludes halogenated alkanes) is 1. The number of nitrogens with zero attached hydrogens (tertiary/aromatic N) is 2. The van der Waals surface area contributed by atoms with Gasteiger partial charge in [-0.05, 0) is 24.1 Å². The van der Waals surface area contributed by atoms with Crippen LogP contribution in [0.1, 0.15) is 31.4 Å². The van der Waals surface area contributed by atoms with Crippen LogP contribution < -0.4 is 5.32 Å². The zero-order valence-corrected chi connectivity index (χ0v) is 15.9. The third-order valence-electron chi connectivity index (χ3n) is 4.55. The minimum atomic E-state index is -0.994. The molecule has 1 aliphatic heterocycles. The average Bonchev–Trinajstić information content (AvgIpc) is 2.66. The Morgan fingerprint density at radius 3 is 2.58 bits per heavy atom. The van der Waals surface area contributed by atoms with Gasteiger partial charge in [0.05, 0.1) is 16.9 Å². The smallest absolute Gasteiger partial charge is 0.269 e. The Kier molecular flexibility index (Phi) is 8.34.